The van der Waals surface area contributed by atoms with Crippen molar-refractivity contribution in [1.82, 2.24) is 5.32 Å². The van der Waals surface area contributed by atoms with Crippen LogP contribution in [0.4, 0.5) is 13.2 Å². The number of rotatable bonds is 7. The van der Waals surface area contributed by atoms with E-state index in [1.807, 2.05) is 0 Å². The largest absolute Gasteiger partial charge is 0.416 e. The molecule has 0 fully saturated rings. The fraction of sp³-hybridized carbons (Fsp3) is 0.538. The Morgan fingerprint density at radius 1 is 1.26 bits per heavy atom. The van der Waals surface area contributed by atoms with Crippen molar-refractivity contribution in [2.75, 3.05) is 19.6 Å². The minimum absolute atomic E-state index is 0.0870. The number of hydrogen-bond donors (Lipinski definition) is 1. The zero-order chi connectivity index (χ0) is 14.3. The van der Waals surface area contributed by atoms with E-state index in [9.17, 15) is 13.2 Å². The summed E-state index contributed by atoms with van der Waals surface area (Å²) in [5.74, 6) is 0.435. The summed E-state index contributed by atoms with van der Waals surface area (Å²) in [6, 6.07) is 5.20. The lowest BCUT2D eigenvalue weighted by atomic mass is 10.1. The molecule has 0 spiro atoms. The van der Waals surface area contributed by atoms with E-state index in [1.165, 1.54) is 12.1 Å². The van der Waals surface area contributed by atoms with E-state index in [0.717, 1.165) is 24.1 Å². The molecule has 1 N–H and O–H groups in total. The number of benzene rings is 1. The average Bonchev–Trinajstić information content (AvgIpc) is 2.38. The van der Waals surface area contributed by atoms with Gasteiger partial charge < -0.3 is 10.1 Å². The Morgan fingerprint density at radius 2 is 1.89 bits per heavy atom. The SMILES string of the molecule is COCCC(CCl)NCc1ccc(C(F)(F)F)cc1. The molecule has 6 heteroatoms. The van der Waals surface area contributed by atoms with Gasteiger partial charge in [0, 0.05) is 32.2 Å². The number of methoxy groups -OCH3 is 1. The second-order valence-corrected chi connectivity index (χ2v) is 4.52. The molecule has 1 aromatic carbocycles. The standard InChI is InChI=1S/C13H17ClF3NO/c1-19-7-6-12(8-14)18-9-10-2-4-11(5-3-10)13(15,16)17/h2-5,12,18H,6-9H2,1H3. The van der Waals surface area contributed by atoms with Gasteiger partial charge in [-0.1, -0.05) is 12.1 Å². The van der Waals surface area contributed by atoms with Gasteiger partial charge in [-0.25, -0.2) is 0 Å². The van der Waals surface area contributed by atoms with Crippen molar-refractivity contribution in [2.24, 2.45) is 0 Å². The first-order valence-electron chi connectivity index (χ1n) is 5.91. The smallest absolute Gasteiger partial charge is 0.385 e. The van der Waals surface area contributed by atoms with Gasteiger partial charge in [0.2, 0.25) is 0 Å². The summed E-state index contributed by atoms with van der Waals surface area (Å²) < 4.78 is 42.1. The summed E-state index contributed by atoms with van der Waals surface area (Å²) in [7, 11) is 1.61. The fourth-order valence-corrected chi connectivity index (χ4v) is 1.83. The Labute approximate surface area is 115 Å². The summed E-state index contributed by atoms with van der Waals surface area (Å²) >= 11 is 5.79. The van der Waals surface area contributed by atoms with Gasteiger partial charge in [0.1, 0.15) is 0 Å². The summed E-state index contributed by atoms with van der Waals surface area (Å²) in [6.07, 6.45) is -3.52. The van der Waals surface area contributed by atoms with Gasteiger partial charge in [0.25, 0.3) is 0 Å². The molecule has 1 aromatic rings. The van der Waals surface area contributed by atoms with Crippen molar-refractivity contribution < 1.29 is 17.9 Å². The van der Waals surface area contributed by atoms with E-state index >= 15 is 0 Å². The van der Waals surface area contributed by atoms with E-state index in [2.05, 4.69) is 5.32 Å². The number of ether oxygens (including phenoxy) is 1. The predicted molar refractivity (Wildman–Crippen MR) is 69.3 cm³/mol. The highest BCUT2D eigenvalue weighted by Crippen LogP contribution is 2.29. The van der Waals surface area contributed by atoms with Gasteiger partial charge in [-0.2, -0.15) is 13.2 Å². The van der Waals surface area contributed by atoms with Crippen LogP contribution in [-0.2, 0) is 17.5 Å². The second kappa shape index (κ2) is 7.72. The average molecular weight is 296 g/mol. The monoisotopic (exact) mass is 295 g/mol. The van der Waals surface area contributed by atoms with Gasteiger partial charge in [0.05, 0.1) is 5.56 Å². The van der Waals surface area contributed by atoms with Gasteiger partial charge >= 0.3 is 6.18 Å². The highest BCUT2D eigenvalue weighted by Gasteiger charge is 2.29. The molecule has 0 aliphatic heterocycles. The maximum Gasteiger partial charge on any atom is 0.416 e. The molecule has 0 radical (unpaired) electrons. The second-order valence-electron chi connectivity index (χ2n) is 4.21. The first-order valence-corrected chi connectivity index (χ1v) is 6.45. The van der Waals surface area contributed by atoms with Crippen LogP contribution in [0.2, 0.25) is 0 Å². The third kappa shape index (κ3) is 5.80. The van der Waals surface area contributed by atoms with E-state index in [-0.39, 0.29) is 6.04 Å². The van der Waals surface area contributed by atoms with Crippen LogP contribution in [0.15, 0.2) is 24.3 Å². The Balaban J connectivity index is 2.49. The minimum Gasteiger partial charge on any atom is -0.385 e. The van der Waals surface area contributed by atoms with Gasteiger partial charge in [-0.15, -0.1) is 11.6 Å². The lowest BCUT2D eigenvalue weighted by molar-refractivity contribution is -0.137. The molecule has 1 unspecified atom stereocenters. The van der Waals surface area contributed by atoms with Gasteiger partial charge in [-0.3, -0.25) is 0 Å². The molecule has 19 heavy (non-hydrogen) atoms. The minimum atomic E-state index is -4.29. The molecule has 0 aliphatic carbocycles. The Hall–Kier alpha value is -0.780. The Morgan fingerprint density at radius 3 is 2.37 bits per heavy atom. The molecule has 2 nitrogen and oxygen atoms in total. The Kier molecular flexibility index (Phi) is 6.62. The quantitative estimate of drug-likeness (QED) is 0.778. The number of halogens is 4. The van der Waals surface area contributed by atoms with E-state index in [1.54, 1.807) is 7.11 Å². The van der Waals surface area contributed by atoms with Crippen molar-refractivity contribution in [3.05, 3.63) is 35.4 Å². The zero-order valence-electron chi connectivity index (χ0n) is 10.6. The lowest BCUT2D eigenvalue weighted by Gasteiger charge is -2.16. The van der Waals surface area contributed by atoms with Crippen LogP contribution in [0.5, 0.6) is 0 Å². The van der Waals surface area contributed by atoms with Crippen LogP contribution in [0, 0.1) is 0 Å². The molecular weight excluding hydrogens is 279 g/mol. The summed E-state index contributed by atoms with van der Waals surface area (Å²) in [4.78, 5) is 0. The molecule has 1 atom stereocenters. The molecule has 0 saturated heterocycles. The molecule has 108 valence electrons. The predicted octanol–water partition coefficient (Wildman–Crippen LogP) is 3.44. The van der Waals surface area contributed by atoms with Gasteiger partial charge in [-0.05, 0) is 24.1 Å². The first-order chi connectivity index (χ1) is 8.97. The number of hydrogen-bond acceptors (Lipinski definition) is 2. The molecular formula is C13H17ClF3NO. The molecule has 1 rings (SSSR count). The van der Waals surface area contributed by atoms with Crippen LogP contribution in [0.25, 0.3) is 0 Å². The van der Waals surface area contributed by atoms with Crippen LogP contribution in [0.3, 0.4) is 0 Å². The van der Waals surface area contributed by atoms with E-state index in [4.69, 9.17) is 16.3 Å². The summed E-state index contributed by atoms with van der Waals surface area (Å²) in [6.45, 7) is 1.08. The van der Waals surface area contributed by atoms with Crippen LogP contribution < -0.4 is 5.32 Å². The van der Waals surface area contributed by atoms with Crippen molar-refractivity contribution in [3.8, 4) is 0 Å². The van der Waals surface area contributed by atoms with E-state index < -0.39 is 11.7 Å². The summed E-state index contributed by atoms with van der Waals surface area (Å²) in [5, 5.41) is 3.19. The Bertz CT molecular complexity index is 367. The normalized spacial score (nSPS) is 13.5. The topological polar surface area (TPSA) is 21.3 Å². The summed E-state index contributed by atoms with van der Waals surface area (Å²) in [5.41, 5.74) is 0.157. The maximum atomic E-state index is 12.4. The molecule has 0 heterocycles. The van der Waals surface area contributed by atoms with Crippen molar-refractivity contribution >= 4 is 11.6 Å². The zero-order valence-corrected chi connectivity index (χ0v) is 11.4. The van der Waals surface area contributed by atoms with Crippen molar-refractivity contribution in [1.29, 1.82) is 0 Å². The molecule has 0 aliphatic rings. The highest BCUT2D eigenvalue weighted by molar-refractivity contribution is 6.18. The highest BCUT2D eigenvalue weighted by atomic mass is 35.5. The number of alkyl halides is 4. The van der Waals surface area contributed by atoms with E-state index in [0.29, 0.717) is 19.0 Å². The maximum absolute atomic E-state index is 12.4. The fourth-order valence-electron chi connectivity index (χ4n) is 1.57. The third-order valence-corrected chi connectivity index (χ3v) is 3.11. The third-order valence-electron chi connectivity index (χ3n) is 2.73. The molecule has 0 aromatic heterocycles. The van der Waals surface area contributed by atoms with Crippen molar-refractivity contribution in [2.45, 2.75) is 25.2 Å². The number of nitrogens with one attached hydrogen (secondary N) is 1. The van der Waals surface area contributed by atoms with Crippen molar-refractivity contribution in [3.63, 3.8) is 0 Å². The van der Waals surface area contributed by atoms with Crippen LogP contribution >= 0.6 is 11.6 Å². The molecule has 0 amide bonds. The lowest BCUT2D eigenvalue weighted by Crippen LogP contribution is -2.31. The first kappa shape index (κ1) is 16.3. The van der Waals surface area contributed by atoms with Crippen LogP contribution in [-0.4, -0.2) is 25.6 Å². The van der Waals surface area contributed by atoms with Crippen LogP contribution in [0.1, 0.15) is 17.5 Å². The molecule has 0 bridgehead atoms. The van der Waals surface area contributed by atoms with Gasteiger partial charge in [0.15, 0.2) is 0 Å². The molecule has 0 saturated carbocycles.